The molecule has 0 unspecified atom stereocenters. The van der Waals surface area contributed by atoms with Crippen LogP contribution in [0.2, 0.25) is 0 Å². The molecule has 0 fully saturated rings. The minimum Gasteiger partial charge on any atom is -0.465 e. The molecule has 0 saturated heterocycles. The van der Waals surface area contributed by atoms with Crippen LogP contribution in [-0.2, 0) is 4.74 Å². The van der Waals surface area contributed by atoms with Crippen LogP contribution in [-0.4, -0.2) is 19.3 Å². The number of carbonyl (C=O) groups excluding carboxylic acids is 1. The highest BCUT2D eigenvalue weighted by Crippen LogP contribution is 2.29. The topological polar surface area (TPSA) is 26.3 Å². The summed E-state index contributed by atoms with van der Waals surface area (Å²) in [6.07, 6.45) is 1.92. The number of ether oxygens (including phenoxy) is 1. The van der Waals surface area contributed by atoms with E-state index < -0.39 is 0 Å². The zero-order chi connectivity index (χ0) is 9.84. The van der Waals surface area contributed by atoms with E-state index in [1.165, 1.54) is 18.9 Å². The summed E-state index contributed by atoms with van der Waals surface area (Å²) < 4.78 is 5.58. The quantitative estimate of drug-likeness (QED) is 0.604. The molecule has 0 aliphatic heterocycles. The number of hydrogen-bond donors (Lipinski definition) is 0. The number of benzene rings is 1. The zero-order valence-electron chi connectivity index (χ0n) is 7.33. The normalized spacial score (nSPS) is 9.77. The van der Waals surface area contributed by atoms with Crippen molar-refractivity contribution < 1.29 is 9.53 Å². The Balaban J connectivity index is 3.20. The highest BCUT2D eigenvalue weighted by Gasteiger charge is 2.12. The Morgan fingerprint density at radius 3 is 2.77 bits per heavy atom. The van der Waals surface area contributed by atoms with Crippen LogP contribution in [0.15, 0.2) is 27.6 Å². The van der Waals surface area contributed by atoms with Crippen molar-refractivity contribution in [3.8, 4) is 0 Å². The maximum atomic E-state index is 11.3. The minimum absolute atomic E-state index is 0.300. The third-order valence-corrected chi connectivity index (χ3v) is 3.35. The second-order valence-electron chi connectivity index (χ2n) is 2.31. The highest BCUT2D eigenvalue weighted by atomic mass is 79.9. The Morgan fingerprint density at radius 1 is 1.54 bits per heavy atom. The van der Waals surface area contributed by atoms with Crippen LogP contribution in [0.4, 0.5) is 0 Å². The summed E-state index contributed by atoms with van der Waals surface area (Å²) in [6.45, 7) is 0. The van der Waals surface area contributed by atoms with Gasteiger partial charge in [0.15, 0.2) is 0 Å². The average molecular weight is 261 g/mol. The van der Waals surface area contributed by atoms with E-state index in [1.54, 1.807) is 6.07 Å². The molecule has 70 valence electrons. The lowest BCUT2D eigenvalue weighted by Gasteiger charge is -2.06. The second-order valence-corrected chi connectivity index (χ2v) is 3.98. The van der Waals surface area contributed by atoms with E-state index >= 15 is 0 Å². The molecule has 0 saturated carbocycles. The Labute approximate surface area is 89.8 Å². The van der Waals surface area contributed by atoms with Crippen molar-refractivity contribution in [1.29, 1.82) is 0 Å². The van der Waals surface area contributed by atoms with E-state index in [0.29, 0.717) is 5.56 Å². The third-order valence-electron chi connectivity index (χ3n) is 1.58. The van der Waals surface area contributed by atoms with E-state index in [4.69, 9.17) is 0 Å². The fourth-order valence-corrected chi connectivity index (χ4v) is 2.47. The number of halogens is 1. The van der Waals surface area contributed by atoms with Crippen LogP contribution in [0, 0.1) is 0 Å². The number of rotatable bonds is 2. The molecule has 0 atom stereocenters. The summed E-state index contributed by atoms with van der Waals surface area (Å²) in [5.41, 5.74) is 0.601. The van der Waals surface area contributed by atoms with Gasteiger partial charge in [-0.3, -0.25) is 0 Å². The molecule has 0 N–H and O–H groups in total. The Hall–Kier alpha value is -0.480. The van der Waals surface area contributed by atoms with Crippen molar-refractivity contribution >= 4 is 33.7 Å². The molecule has 0 aromatic heterocycles. The molecule has 0 aliphatic rings. The smallest absolute Gasteiger partial charge is 0.339 e. The SMILES string of the molecule is COC(=O)c1cccc(Br)c1SC. The van der Waals surface area contributed by atoms with Crippen LogP contribution >= 0.6 is 27.7 Å². The van der Waals surface area contributed by atoms with E-state index in [-0.39, 0.29) is 5.97 Å². The summed E-state index contributed by atoms with van der Waals surface area (Å²) in [4.78, 5) is 12.2. The summed E-state index contributed by atoms with van der Waals surface area (Å²) in [6, 6.07) is 5.47. The van der Waals surface area contributed by atoms with E-state index in [1.807, 2.05) is 18.4 Å². The summed E-state index contributed by atoms with van der Waals surface area (Å²) >= 11 is 4.89. The van der Waals surface area contributed by atoms with Gasteiger partial charge in [-0.15, -0.1) is 11.8 Å². The zero-order valence-corrected chi connectivity index (χ0v) is 9.74. The van der Waals surface area contributed by atoms with Crippen LogP contribution in [0.1, 0.15) is 10.4 Å². The van der Waals surface area contributed by atoms with Gasteiger partial charge in [-0.05, 0) is 34.3 Å². The van der Waals surface area contributed by atoms with Gasteiger partial charge in [-0.2, -0.15) is 0 Å². The van der Waals surface area contributed by atoms with Gasteiger partial charge in [0, 0.05) is 9.37 Å². The molecule has 13 heavy (non-hydrogen) atoms. The summed E-state index contributed by atoms with van der Waals surface area (Å²) in [5.74, 6) is -0.300. The number of thioether (sulfide) groups is 1. The van der Waals surface area contributed by atoms with Crippen LogP contribution in [0.3, 0.4) is 0 Å². The van der Waals surface area contributed by atoms with E-state index in [9.17, 15) is 4.79 Å². The van der Waals surface area contributed by atoms with Crippen LogP contribution in [0.25, 0.3) is 0 Å². The molecule has 0 spiro atoms. The first-order valence-electron chi connectivity index (χ1n) is 3.61. The second kappa shape index (κ2) is 4.67. The largest absolute Gasteiger partial charge is 0.465 e. The Kier molecular flexibility index (Phi) is 3.81. The van der Waals surface area contributed by atoms with Gasteiger partial charge in [0.25, 0.3) is 0 Å². The van der Waals surface area contributed by atoms with Gasteiger partial charge >= 0.3 is 5.97 Å². The Morgan fingerprint density at radius 2 is 2.23 bits per heavy atom. The lowest BCUT2D eigenvalue weighted by Crippen LogP contribution is -2.02. The molecule has 1 rings (SSSR count). The molecule has 1 aromatic carbocycles. The number of hydrogen-bond acceptors (Lipinski definition) is 3. The minimum atomic E-state index is -0.300. The van der Waals surface area contributed by atoms with Gasteiger partial charge in [0.1, 0.15) is 0 Å². The Bertz CT molecular complexity index is 325. The maximum Gasteiger partial charge on any atom is 0.339 e. The van der Waals surface area contributed by atoms with Crippen LogP contribution in [0.5, 0.6) is 0 Å². The van der Waals surface area contributed by atoms with Gasteiger partial charge in [0.05, 0.1) is 12.7 Å². The molecule has 0 bridgehead atoms. The van der Waals surface area contributed by atoms with E-state index in [2.05, 4.69) is 20.7 Å². The standard InChI is InChI=1S/C9H9BrO2S/c1-12-9(11)6-4-3-5-7(10)8(6)13-2/h3-5H,1-2H3. The summed E-state index contributed by atoms with van der Waals surface area (Å²) in [5, 5.41) is 0. The molecule has 1 aromatic rings. The number of esters is 1. The van der Waals surface area contributed by atoms with Crippen molar-refractivity contribution in [2.75, 3.05) is 13.4 Å². The van der Waals surface area contributed by atoms with Crippen molar-refractivity contribution in [2.24, 2.45) is 0 Å². The first-order valence-corrected chi connectivity index (χ1v) is 5.63. The highest BCUT2D eigenvalue weighted by molar-refractivity contribution is 9.10. The average Bonchev–Trinajstić information content (AvgIpc) is 2.16. The number of methoxy groups -OCH3 is 1. The third kappa shape index (κ3) is 2.25. The lowest BCUT2D eigenvalue weighted by molar-refractivity contribution is 0.0596. The fraction of sp³-hybridized carbons (Fsp3) is 0.222. The van der Waals surface area contributed by atoms with Crippen molar-refractivity contribution in [1.82, 2.24) is 0 Å². The number of carbonyl (C=O) groups is 1. The molecule has 4 heteroatoms. The summed E-state index contributed by atoms with van der Waals surface area (Å²) in [7, 11) is 1.38. The first-order chi connectivity index (χ1) is 6.20. The van der Waals surface area contributed by atoms with Gasteiger partial charge in [-0.25, -0.2) is 4.79 Å². The maximum absolute atomic E-state index is 11.3. The monoisotopic (exact) mass is 260 g/mol. The van der Waals surface area contributed by atoms with Crippen molar-refractivity contribution in [2.45, 2.75) is 4.90 Å². The molecular formula is C9H9BrO2S. The van der Waals surface area contributed by atoms with Gasteiger partial charge < -0.3 is 4.74 Å². The molecule has 0 heterocycles. The molecule has 2 nitrogen and oxygen atoms in total. The molecule has 0 radical (unpaired) electrons. The lowest BCUT2D eigenvalue weighted by atomic mass is 10.2. The molecule has 0 amide bonds. The van der Waals surface area contributed by atoms with Gasteiger partial charge in [0.2, 0.25) is 0 Å². The first kappa shape index (κ1) is 10.6. The fourth-order valence-electron chi connectivity index (χ4n) is 0.987. The molecule has 0 aliphatic carbocycles. The van der Waals surface area contributed by atoms with Crippen molar-refractivity contribution in [3.63, 3.8) is 0 Å². The predicted molar refractivity (Wildman–Crippen MR) is 57.3 cm³/mol. The van der Waals surface area contributed by atoms with Gasteiger partial charge in [-0.1, -0.05) is 6.07 Å². The van der Waals surface area contributed by atoms with E-state index in [0.717, 1.165) is 9.37 Å². The van der Waals surface area contributed by atoms with Crippen molar-refractivity contribution in [3.05, 3.63) is 28.2 Å². The van der Waals surface area contributed by atoms with Crippen LogP contribution < -0.4 is 0 Å². The predicted octanol–water partition coefficient (Wildman–Crippen LogP) is 2.96. The molecular weight excluding hydrogens is 252 g/mol.